The molecule has 15 heavy (non-hydrogen) atoms. The Hall–Kier alpha value is -1.04. The molecule has 0 heterocycles. The van der Waals surface area contributed by atoms with E-state index in [1.807, 2.05) is 6.92 Å². The van der Waals surface area contributed by atoms with Crippen molar-refractivity contribution in [3.05, 3.63) is 0 Å². The van der Waals surface area contributed by atoms with Crippen LogP contribution in [0.5, 0.6) is 0 Å². The molecule has 1 N–H and O–H groups in total. The second-order valence-corrected chi connectivity index (χ2v) is 4.91. The molecule has 2 fully saturated rings. The van der Waals surface area contributed by atoms with Crippen molar-refractivity contribution in [2.45, 2.75) is 45.1 Å². The third-order valence-corrected chi connectivity index (χ3v) is 3.75. The van der Waals surface area contributed by atoms with Crippen molar-refractivity contribution in [2.24, 2.45) is 17.8 Å². The maximum absolute atomic E-state index is 11.8. The summed E-state index contributed by atoms with van der Waals surface area (Å²) in [6, 6.07) is 2.08. The number of carbonyl (C=O) groups is 1. The molecule has 2 aliphatic carbocycles. The number of hydrogen-bond acceptors (Lipinski definition) is 2. The van der Waals surface area contributed by atoms with E-state index >= 15 is 0 Å². The first-order chi connectivity index (χ1) is 7.24. The Morgan fingerprint density at radius 3 is 2.60 bits per heavy atom. The van der Waals surface area contributed by atoms with Crippen LogP contribution < -0.4 is 5.32 Å². The molecule has 2 saturated carbocycles. The Morgan fingerprint density at radius 2 is 2.07 bits per heavy atom. The number of hydrogen-bond donors (Lipinski definition) is 1. The van der Waals surface area contributed by atoms with Gasteiger partial charge in [0.05, 0.1) is 12.5 Å². The van der Waals surface area contributed by atoms with Crippen molar-refractivity contribution in [2.75, 3.05) is 0 Å². The summed E-state index contributed by atoms with van der Waals surface area (Å²) in [7, 11) is 0. The number of fused-ring (bicyclic) bond motifs is 1. The molecule has 3 atom stereocenters. The summed E-state index contributed by atoms with van der Waals surface area (Å²) in [5.74, 6) is 1.78. The third kappa shape index (κ3) is 2.14. The Labute approximate surface area is 90.8 Å². The molecule has 0 aromatic rings. The highest BCUT2D eigenvalue weighted by Crippen LogP contribution is 2.55. The van der Waals surface area contributed by atoms with Crippen molar-refractivity contribution in [1.82, 2.24) is 5.32 Å². The molecule has 2 rings (SSSR count). The van der Waals surface area contributed by atoms with E-state index in [-0.39, 0.29) is 17.9 Å². The van der Waals surface area contributed by atoms with Gasteiger partial charge in [0.15, 0.2) is 0 Å². The molecule has 1 amide bonds. The summed E-state index contributed by atoms with van der Waals surface area (Å²) >= 11 is 0. The Bertz CT molecular complexity index is 282. The van der Waals surface area contributed by atoms with Gasteiger partial charge in [-0.1, -0.05) is 12.8 Å². The normalized spacial score (nSPS) is 34.8. The Balaban J connectivity index is 1.80. The minimum Gasteiger partial charge on any atom is -0.352 e. The van der Waals surface area contributed by atoms with Gasteiger partial charge in [0.1, 0.15) is 0 Å². The van der Waals surface area contributed by atoms with Crippen LogP contribution in [0.15, 0.2) is 0 Å². The van der Waals surface area contributed by atoms with E-state index in [1.54, 1.807) is 0 Å². The monoisotopic (exact) mass is 206 g/mol. The summed E-state index contributed by atoms with van der Waals surface area (Å²) < 4.78 is 0. The van der Waals surface area contributed by atoms with Crippen molar-refractivity contribution in [3.8, 4) is 6.07 Å². The van der Waals surface area contributed by atoms with Gasteiger partial charge in [-0.2, -0.15) is 5.26 Å². The van der Waals surface area contributed by atoms with Gasteiger partial charge in [0.2, 0.25) is 5.91 Å². The summed E-state index contributed by atoms with van der Waals surface area (Å²) in [5, 5.41) is 11.4. The van der Waals surface area contributed by atoms with Crippen LogP contribution in [0.25, 0.3) is 0 Å². The van der Waals surface area contributed by atoms with Gasteiger partial charge in [-0.3, -0.25) is 4.79 Å². The molecule has 82 valence electrons. The van der Waals surface area contributed by atoms with E-state index in [4.69, 9.17) is 5.26 Å². The predicted molar refractivity (Wildman–Crippen MR) is 56.8 cm³/mol. The summed E-state index contributed by atoms with van der Waals surface area (Å²) in [5.41, 5.74) is 0. The number of nitrogens with one attached hydrogen (secondary N) is 1. The van der Waals surface area contributed by atoms with E-state index < -0.39 is 0 Å². The average Bonchev–Trinajstić information content (AvgIpc) is 2.91. The zero-order chi connectivity index (χ0) is 10.8. The standard InChI is InChI=1S/C12H18N2O/c1-8(6-7-13)14-12(15)11-9-4-2-3-5-10(9)11/h8-11H,2-6H2,1H3,(H,14,15). The molecule has 0 aromatic carbocycles. The van der Waals surface area contributed by atoms with Gasteiger partial charge in [0.25, 0.3) is 0 Å². The number of nitrogens with zero attached hydrogens (tertiary/aromatic N) is 1. The molecule has 0 spiro atoms. The summed E-state index contributed by atoms with van der Waals surface area (Å²) in [6.45, 7) is 1.90. The molecule has 3 unspecified atom stereocenters. The molecule has 2 aliphatic rings. The topological polar surface area (TPSA) is 52.9 Å². The van der Waals surface area contributed by atoms with Gasteiger partial charge >= 0.3 is 0 Å². The van der Waals surface area contributed by atoms with Crippen LogP contribution in [-0.2, 0) is 4.79 Å². The molecule has 0 saturated heterocycles. The Morgan fingerprint density at radius 1 is 1.47 bits per heavy atom. The molecule has 0 bridgehead atoms. The number of carbonyl (C=O) groups excluding carboxylic acids is 1. The quantitative estimate of drug-likeness (QED) is 0.766. The van der Waals surface area contributed by atoms with Crippen LogP contribution in [0.3, 0.4) is 0 Å². The van der Waals surface area contributed by atoms with E-state index in [2.05, 4.69) is 11.4 Å². The number of nitriles is 1. The summed E-state index contributed by atoms with van der Waals surface area (Å²) in [4.78, 5) is 11.8. The van der Waals surface area contributed by atoms with Gasteiger partial charge < -0.3 is 5.32 Å². The van der Waals surface area contributed by atoms with Crippen LogP contribution in [0.2, 0.25) is 0 Å². The fourth-order valence-corrected chi connectivity index (χ4v) is 2.91. The van der Waals surface area contributed by atoms with E-state index in [0.717, 1.165) is 0 Å². The zero-order valence-corrected chi connectivity index (χ0v) is 9.20. The molecule has 0 radical (unpaired) electrons. The highest BCUT2D eigenvalue weighted by Gasteiger charge is 2.54. The van der Waals surface area contributed by atoms with E-state index in [0.29, 0.717) is 18.3 Å². The fourth-order valence-electron chi connectivity index (χ4n) is 2.91. The maximum Gasteiger partial charge on any atom is 0.223 e. The minimum absolute atomic E-state index is 0.00477. The molecule has 3 heteroatoms. The first kappa shape index (κ1) is 10.5. The molecular weight excluding hydrogens is 188 g/mol. The average molecular weight is 206 g/mol. The van der Waals surface area contributed by atoms with Crippen LogP contribution in [0, 0.1) is 29.1 Å². The smallest absolute Gasteiger partial charge is 0.223 e. The lowest BCUT2D eigenvalue weighted by Crippen LogP contribution is -2.34. The minimum atomic E-state index is 0.00477. The molecular formula is C12H18N2O. The van der Waals surface area contributed by atoms with Gasteiger partial charge in [-0.25, -0.2) is 0 Å². The lowest BCUT2D eigenvalue weighted by molar-refractivity contribution is -0.123. The first-order valence-corrected chi connectivity index (χ1v) is 5.91. The van der Waals surface area contributed by atoms with Gasteiger partial charge in [-0.15, -0.1) is 0 Å². The SMILES string of the molecule is CC(CC#N)NC(=O)C1C2CCCCC21. The lowest BCUT2D eigenvalue weighted by Gasteiger charge is -2.09. The first-order valence-electron chi connectivity index (χ1n) is 5.91. The number of amides is 1. The Kier molecular flexibility index (Phi) is 2.95. The molecule has 0 aromatic heterocycles. The maximum atomic E-state index is 11.8. The van der Waals surface area contributed by atoms with Crippen LogP contribution in [0.4, 0.5) is 0 Å². The van der Waals surface area contributed by atoms with Crippen LogP contribution in [0.1, 0.15) is 39.0 Å². The van der Waals surface area contributed by atoms with E-state index in [9.17, 15) is 4.79 Å². The largest absolute Gasteiger partial charge is 0.352 e. The van der Waals surface area contributed by atoms with Gasteiger partial charge in [0, 0.05) is 12.0 Å². The predicted octanol–water partition coefficient (Wildman–Crippen LogP) is 1.84. The second kappa shape index (κ2) is 4.22. The molecule has 3 nitrogen and oxygen atoms in total. The summed E-state index contributed by atoms with van der Waals surface area (Å²) in [6.07, 6.45) is 5.45. The number of rotatable bonds is 3. The highest BCUT2D eigenvalue weighted by atomic mass is 16.2. The second-order valence-electron chi connectivity index (χ2n) is 4.91. The zero-order valence-electron chi connectivity index (χ0n) is 9.20. The molecule has 0 aliphatic heterocycles. The third-order valence-electron chi connectivity index (χ3n) is 3.75. The fraction of sp³-hybridized carbons (Fsp3) is 0.833. The van der Waals surface area contributed by atoms with Crippen LogP contribution in [-0.4, -0.2) is 11.9 Å². The lowest BCUT2D eigenvalue weighted by atomic mass is 10.0. The van der Waals surface area contributed by atoms with Crippen molar-refractivity contribution in [1.29, 1.82) is 5.26 Å². The van der Waals surface area contributed by atoms with Crippen molar-refractivity contribution in [3.63, 3.8) is 0 Å². The van der Waals surface area contributed by atoms with Crippen molar-refractivity contribution >= 4 is 5.91 Å². The van der Waals surface area contributed by atoms with Gasteiger partial charge in [-0.05, 0) is 31.6 Å². The van der Waals surface area contributed by atoms with E-state index in [1.165, 1.54) is 25.7 Å². The van der Waals surface area contributed by atoms with Crippen LogP contribution >= 0.6 is 0 Å². The highest BCUT2D eigenvalue weighted by molar-refractivity contribution is 5.82. The van der Waals surface area contributed by atoms with Crippen molar-refractivity contribution < 1.29 is 4.79 Å².